The van der Waals surface area contributed by atoms with Crippen LogP contribution in [0, 0.1) is 0 Å². The number of benzene rings is 3. The fraction of sp³-hybridized carbons (Fsp3) is 0.258. The minimum atomic E-state index is -2.18. The molecule has 2 amide bonds. The molecule has 1 unspecified atom stereocenters. The Morgan fingerprint density at radius 1 is 0.905 bits per heavy atom. The first-order chi connectivity index (χ1) is 20.1. The molecule has 1 heterocycles. The van der Waals surface area contributed by atoms with E-state index in [2.05, 4.69) is 15.4 Å². The van der Waals surface area contributed by atoms with Gasteiger partial charge >= 0.3 is 6.09 Å². The smallest absolute Gasteiger partial charge is 0.408 e. The van der Waals surface area contributed by atoms with Crippen LogP contribution in [0.25, 0.3) is 10.6 Å². The SMILES string of the molecule is CC(C)(C)OC(=O)N[C@@H](Cc1ccccc1)C(=O)N[C@@H](Cc1ccc(NS(=O)O)cc1)c1csc(-c2ccccc2)n1. The zero-order chi connectivity index (χ0) is 30.1. The number of alkyl carbamates (subject to hydrolysis) is 1. The molecule has 42 heavy (non-hydrogen) atoms. The van der Waals surface area contributed by atoms with E-state index in [4.69, 9.17) is 14.3 Å². The van der Waals surface area contributed by atoms with Crippen molar-refractivity contribution in [2.24, 2.45) is 0 Å². The molecule has 0 spiro atoms. The minimum Gasteiger partial charge on any atom is -0.444 e. The first-order valence-electron chi connectivity index (χ1n) is 13.4. The van der Waals surface area contributed by atoms with Crippen LogP contribution in [0.15, 0.2) is 90.3 Å². The number of anilines is 1. The average Bonchev–Trinajstić information content (AvgIpc) is 3.44. The van der Waals surface area contributed by atoms with Crippen molar-refractivity contribution in [1.29, 1.82) is 0 Å². The molecule has 0 fully saturated rings. The highest BCUT2D eigenvalue weighted by molar-refractivity contribution is 7.80. The van der Waals surface area contributed by atoms with E-state index < -0.39 is 35.0 Å². The molecule has 0 saturated heterocycles. The maximum absolute atomic E-state index is 13.8. The molecule has 0 aliphatic heterocycles. The predicted octanol–water partition coefficient (Wildman–Crippen LogP) is 5.89. The number of carbonyl (C=O) groups excluding carboxylic acids is 2. The van der Waals surface area contributed by atoms with Crippen molar-refractivity contribution < 1.29 is 23.1 Å². The van der Waals surface area contributed by atoms with Gasteiger partial charge in [-0.05, 0) is 50.5 Å². The summed E-state index contributed by atoms with van der Waals surface area (Å²) in [5.74, 6) is -0.377. The summed E-state index contributed by atoms with van der Waals surface area (Å²) < 4.78 is 28.1. The van der Waals surface area contributed by atoms with Crippen LogP contribution in [-0.4, -0.2) is 37.4 Å². The van der Waals surface area contributed by atoms with Crippen LogP contribution in [0.1, 0.15) is 43.6 Å². The van der Waals surface area contributed by atoms with Crippen LogP contribution in [0.4, 0.5) is 10.5 Å². The molecule has 0 aliphatic rings. The highest BCUT2D eigenvalue weighted by atomic mass is 32.2. The van der Waals surface area contributed by atoms with Crippen LogP contribution < -0.4 is 15.4 Å². The maximum atomic E-state index is 13.8. The van der Waals surface area contributed by atoms with Crippen LogP contribution in [0.5, 0.6) is 0 Å². The van der Waals surface area contributed by atoms with Crippen LogP contribution in [0.3, 0.4) is 0 Å². The van der Waals surface area contributed by atoms with Crippen LogP contribution >= 0.6 is 11.3 Å². The third-order valence-corrected chi connectivity index (χ3v) is 7.43. The van der Waals surface area contributed by atoms with E-state index in [-0.39, 0.29) is 12.3 Å². The lowest BCUT2D eigenvalue weighted by Gasteiger charge is -2.25. The van der Waals surface area contributed by atoms with E-state index in [1.54, 1.807) is 32.9 Å². The highest BCUT2D eigenvalue weighted by Crippen LogP contribution is 2.28. The summed E-state index contributed by atoms with van der Waals surface area (Å²) >= 11 is -0.699. The van der Waals surface area contributed by atoms with Gasteiger partial charge in [0.15, 0.2) is 0 Å². The first-order valence-corrected chi connectivity index (χ1v) is 15.4. The molecule has 3 aromatic carbocycles. The summed E-state index contributed by atoms with van der Waals surface area (Å²) in [5, 5.41) is 8.60. The fourth-order valence-electron chi connectivity index (χ4n) is 4.22. The second-order valence-corrected chi connectivity index (χ2v) is 12.2. The Kier molecular flexibility index (Phi) is 10.5. The normalized spacial score (nSPS) is 13.4. The molecule has 4 rings (SSSR count). The van der Waals surface area contributed by atoms with Gasteiger partial charge in [0, 0.05) is 23.1 Å². The second-order valence-electron chi connectivity index (χ2n) is 10.6. The lowest BCUT2D eigenvalue weighted by molar-refractivity contribution is -0.124. The Labute approximate surface area is 252 Å². The van der Waals surface area contributed by atoms with E-state index in [9.17, 15) is 13.8 Å². The van der Waals surface area contributed by atoms with Gasteiger partial charge in [0.2, 0.25) is 5.91 Å². The van der Waals surface area contributed by atoms with Crippen molar-refractivity contribution in [3.8, 4) is 10.6 Å². The Balaban J connectivity index is 1.60. The van der Waals surface area contributed by atoms with Crippen molar-refractivity contribution in [1.82, 2.24) is 15.6 Å². The largest absolute Gasteiger partial charge is 0.444 e. The second kappa shape index (κ2) is 14.2. The minimum absolute atomic E-state index is 0.267. The van der Waals surface area contributed by atoms with Crippen molar-refractivity contribution >= 4 is 40.3 Å². The Morgan fingerprint density at radius 2 is 1.52 bits per heavy atom. The van der Waals surface area contributed by atoms with Gasteiger partial charge in [-0.3, -0.25) is 14.1 Å². The van der Waals surface area contributed by atoms with Gasteiger partial charge in [-0.15, -0.1) is 11.3 Å². The highest BCUT2D eigenvalue weighted by Gasteiger charge is 2.28. The summed E-state index contributed by atoms with van der Waals surface area (Å²) in [6.07, 6.45) is -0.0140. The van der Waals surface area contributed by atoms with Gasteiger partial charge < -0.3 is 15.4 Å². The summed E-state index contributed by atoms with van der Waals surface area (Å²) in [6, 6.07) is 24.9. The van der Waals surface area contributed by atoms with Gasteiger partial charge in [0.25, 0.3) is 11.3 Å². The van der Waals surface area contributed by atoms with E-state index in [0.717, 1.165) is 21.7 Å². The monoisotopic (exact) mass is 606 g/mol. The van der Waals surface area contributed by atoms with Crippen molar-refractivity contribution in [3.63, 3.8) is 0 Å². The molecule has 4 aromatic rings. The van der Waals surface area contributed by atoms with Gasteiger partial charge in [-0.25, -0.2) is 14.0 Å². The summed E-state index contributed by atoms with van der Waals surface area (Å²) in [5.41, 5.74) is 3.18. The molecular formula is C31H34N4O5S2. The van der Waals surface area contributed by atoms with E-state index in [1.807, 2.05) is 78.2 Å². The average molecular weight is 607 g/mol. The number of aromatic nitrogens is 1. The molecule has 11 heteroatoms. The molecule has 0 radical (unpaired) electrons. The molecule has 1 aromatic heterocycles. The molecule has 9 nitrogen and oxygen atoms in total. The topological polar surface area (TPSA) is 130 Å². The van der Waals surface area contributed by atoms with Gasteiger partial charge in [-0.1, -0.05) is 72.8 Å². The van der Waals surface area contributed by atoms with Crippen molar-refractivity contribution in [3.05, 3.63) is 107 Å². The van der Waals surface area contributed by atoms with Gasteiger partial charge in [-0.2, -0.15) is 0 Å². The zero-order valence-corrected chi connectivity index (χ0v) is 25.2. The standard InChI is InChI=1S/C31H34N4O5S2/c1-31(2,3)40-30(37)34-26(19-21-10-6-4-7-11-21)28(36)32-25(18-22-14-16-24(17-15-22)35-42(38)39)27-20-41-29(33-27)23-12-8-5-9-13-23/h4-17,20,25-26,35H,18-19H2,1-3H3,(H,32,36)(H,34,37)(H,38,39)/t25-,26-/m0/s1. The van der Waals surface area contributed by atoms with E-state index in [1.165, 1.54) is 11.3 Å². The number of hydrogen-bond acceptors (Lipinski definition) is 6. The Bertz CT molecular complexity index is 1490. The molecule has 0 aliphatic carbocycles. The summed E-state index contributed by atoms with van der Waals surface area (Å²) in [4.78, 5) is 31.4. The quantitative estimate of drug-likeness (QED) is 0.158. The maximum Gasteiger partial charge on any atom is 0.408 e. The number of amides is 2. The molecule has 0 saturated carbocycles. The fourth-order valence-corrected chi connectivity index (χ4v) is 5.43. The van der Waals surface area contributed by atoms with E-state index >= 15 is 0 Å². The van der Waals surface area contributed by atoms with Gasteiger partial charge in [0.1, 0.15) is 16.7 Å². The third kappa shape index (κ3) is 9.51. The van der Waals surface area contributed by atoms with Crippen LogP contribution in [0.2, 0.25) is 0 Å². The lowest BCUT2D eigenvalue weighted by atomic mass is 10.0. The Morgan fingerprint density at radius 3 is 2.14 bits per heavy atom. The number of thiazole rings is 1. The number of rotatable bonds is 11. The molecule has 220 valence electrons. The number of carbonyl (C=O) groups is 2. The Hall–Kier alpha value is -4.06. The number of hydrogen-bond donors (Lipinski definition) is 4. The third-order valence-electron chi connectivity index (χ3n) is 6.11. The van der Waals surface area contributed by atoms with Crippen LogP contribution in [-0.2, 0) is 33.6 Å². The molecule has 4 N–H and O–H groups in total. The molecule has 3 atom stereocenters. The number of nitrogens with one attached hydrogen (secondary N) is 3. The van der Waals surface area contributed by atoms with E-state index in [0.29, 0.717) is 17.8 Å². The first kappa shape index (κ1) is 30.9. The number of ether oxygens (including phenoxy) is 1. The van der Waals surface area contributed by atoms with Gasteiger partial charge in [0.05, 0.1) is 11.7 Å². The lowest BCUT2D eigenvalue weighted by Crippen LogP contribution is -2.50. The van der Waals surface area contributed by atoms with Crippen molar-refractivity contribution in [2.75, 3.05) is 4.72 Å². The number of nitrogens with zero attached hydrogens (tertiary/aromatic N) is 1. The molecule has 0 bridgehead atoms. The summed E-state index contributed by atoms with van der Waals surface area (Å²) in [7, 11) is 0. The summed E-state index contributed by atoms with van der Waals surface area (Å²) in [6.45, 7) is 5.29. The zero-order valence-electron chi connectivity index (χ0n) is 23.6. The predicted molar refractivity (Wildman–Crippen MR) is 166 cm³/mol. The van der Waals surface area contributed by atoms with Crippen molar-refractivity contribution in [2.45, 2.75) is 51.3 Å². The molecular weight excluding hydrogens is 572 g/mol.